The minimum atomic E-state index is 1.01. The fraction of sp³-hybridized carbons (Fsp3) is 0.0870. The van der Waals surface area contributed by atoms with Crippen LogP contribution in [-0.4, -0.2) is 0 Å². The molecule has 0 saturated heterocycles. The third-order valence-electron chi connectivity index (χ3n) is 12.2. The third-order valence-corrected chi connectivity index (χ3v) is 12.2. The van der Waals surface area contributed by atoms with Crippen LogP contribution in [0.1, 0.15) is 44.5 Å². The normalized spacial score (nSPS) is 14.6. The molecule has 0 heteroatoms. The Labute approximate surface area is 266 Å². The van der Waals surface area contributed by atoms with Crippen molar-refractivity contribution in [2.75, 3.05) is 0 Å². The van der Waals surface area contributed by atoms with E-state index in [0.29, 0.717) is 0 Å². The molecule has 13 rings (SSSR count). The summed E-state index contributed by atoms with van der Waals surface area (Å²) in [5.41, 5.74) is 27.3. The van der Waals surface area contributed by atoms with Gasteiger partial charge in [-0.15, -0.1) is 0 Å². The van der Waals surface area contributed by atoms with Gasteiger partial charge in [0.05, 0.1) is 0 Å². The molecule has 0 bridgehead atoms. The summed E-state index contributed by atoms with van der Waals surface area (Å²) in [6.07, 6.45) is 4.14. The maximum Gasteiger partial charge on any atom is -0.000682 e. The lowest BCUT2D eigenvalue weighted by Crippen LogP contribution is -1.98. The molecule has 0 amide bonds. The minimum absolute atomic E-state index is 1.01. The summed E-state index contributed by atoms with van der Waals surface area (Å²) in [5.74, 6) is 0. The molecule has 0 radical (unpaired) electrons. The Hall–Kier alpha value is -5.46. The summed E-state index contributed by atoms with van der Waals surface area (Å²) in [4.78, 5) is 0. The average Bonchev–Trinajstić information content (AvgIpc) is 3.85. The van der Waals surface area contributed by atoms with Gasteiger partial charge in [0.15, 0.2) is 0 Å². The van der Waals surface area contributed by atoms with Crippen LogP contribution in [0.25, 0.3) is 88.0 Å². The van der Waals surface area contributed by atoms with Gasteiger partial charge in [0, 0.05) is 0 Å². The summed E-state index contributed by atoms with van der Waals surface area (Å²) in [6, 6.07) is 42.5. The molecule has 210 valence electrons. The fourth-order valence-electron chi connectivity index (χ4n) is 10.5. The Morgan fingerprint density at radius 2 is 0.674 bits per heavy atom. The first-order valence-electron chi connectivity index (χ1n) is 16.8. The molecule has 0 atom stereocenters. The molecule has 0 nitrogen and oxygen atoms in total. The summed E-state index contributed by atoms with van der Waals surface area (Å²) < 4.78 is 0. The highest BCUT2D eigenvalue weighted by Crippen LogP contribution is 2.63. The van der Waals surface area contributed by atoms with Crippen LogP contribution >= 0.6 is 0 Å². The van der Waals surface area contributed by atoms with Crippen molar-refractivity contribution in [1.29, 1.82) is 0 Å². The molecule has 8 aromatic carbocycles. The standard InChI is InChI=1S/C46H26/c1-2-7-33-31(5-1)32-6-3-4-8-34(32)37-20-23(15-16-35(33)37)36-22-30-19-28-12-11-26-17-24-9-10-25-18-27-13-14-29-21-38(36)46-44(29)42(27)40(25)39(24)41(26)43(28)45(30)46/h1-16,20,22H,17-19,21H2. The van der Waals surface area contributed by atoms with Gasteiger partial charge in [-0.1, -0.05) is 97.1 Å². The Morgan fingerprint density at radius 1 is 0.283 bits per heavy atom. The number of benzene rings is 8. The maximum absolute atomic E-state index is 2.59. The third kappa shape index (κ3) is 2.46. The van der Waals surface area contributed by atoms with Gasteiger partial charge < -0.3 is 0 Å². The maximum atomic E-state index is 2.59. The van der Waals surface area contributed by atoms with Crippen molar-refractivity contribution in [2.45, 2.75) is 25.7 Å². The summed E-state index contributed by atoms with van der Waals surface area (Å²) >= 11 is 0. The Balaban J connectivity index is 1.17. The molecule has 0 aliphatic heterocycles. The molecule has 0 saturated carbocycles. The largest absolute Gasteiger partial charge is 0.0616 e. The summed E-state index contributed by atoms with van der Waals surface area (Å²) in [5, 5.41) is 8.05. The smallest absolute Gasteiger partial charge is 0.000682 e. The number of rotatable bonds is 1. The molecule has 0 N–H and O–H groups in total. The van der Waals surface area contributed by atoms with Crippen LogP contribution in [0.3, 0.4) is 0 Å². The molecular weight excluding hydrogens is 553 g/mol. The predicted octanol–water partition coefficient (Wildman–Crippen LogP) is 11.4. The van der Waals surface area contributed by atoms with Crippen molar-refractivity contribution < 1.29 is 0 Å². The van der Waals surface area contributed by atoms with E-state index in [0.717, 1.165) is 25.7 Å². The Kier molecular flexibility index (Phi) is 3.74. The number of hydrogen-bond acceptors (Lipinski definition) is 0. The van der Waals surface area contributed by atoms with Crippen LogP contribution in [0.15, 0.2) is 109 Å². The molecule has 5 aliphatic carbocycles. The lowest BCUT2D eigenvalue weighted by atomic mass is 9.80. The zero-order chi connectivity index (χ0) is 29.4. The molecule has 0 spiro atoms. The molecule has 0 heterocycles. The van der Waals surface area contributed by atoms with Crippen LogP contribution in [0.5, 0.6) is 0 Å². The number of hydrogen-bond donors (Lipinski definition) is 0. The van der Waals surface area contributed by atoms with Crippen molar-refractivity contribution in [3.8, 4) is 55.6 Å². The van der Waals surface area contributed by atoms with E-state index in [-0.39, 0.29) is 0 Å². The van der Waals surface area contributed by atoms with Gasteiger partial charge in [-0.05, 0) is 170 Å². The van der Waals surface area contributed by atoms with E-state index in [1.165, 1.54) is 88.0 Å². The first-order valence-corrected chi connectivity index (χ1v) is 16.8. The van der Waals surface area contributed by atoms with Gasteiger partial charge in [-0.2, -0.15) is 0 Å². The van der Waals surface area contributed by atoms with Gasteiger partial charge in [0.2, 0.25) is 0 Å². The molecule has 5 aliphatic rings. The van der Waals surface area contributed by atoms with E-state index in [9.17, 15) is 0 Å². The van der Waals surface area contributed by atoms with E-state index in [4.69, 9.17) is 0 Å². The van der Waals surface area contributed by atoms with Crippen LogP contribution in [0.4, 0.5) is 0 Å². The van der Waals surface area contributed by atoms with Crippen LogP contribution in [-0.2, 0) is 25.7 Å². The van der Waals surface area contributed by atoms with E-state index in [2.05, 4.69) is 109 Å². The van der Waals surface area contributed by atoms with E-state index in [1.807, 2.05) is 0 Å². The topological polar surface area (TPSA) is 0 Å². The second kappa shape index (κ2) is 7.49. The van der Waals surface area contributed by atoms with Gasteiger partial charge >= 0.3 is 0 Å². The lowest BCUT2D eigenvalue weighted by Gasteiger charge is -2.23. The first kappa shape index (κ1) is 23.0. The summed E-state index contributed by atoms with van der Waals surface area (Å²) in [7, 11) is 0. The zero-order valence-corrected chi connectivity index (χ0v) is 25.2. The van der Waals surface area contributed by atoms with Gasteiger partial charge in [-0.3, -0.25) is 0 Å². The second-order valence-electron chi connectivity index (χ2n) is 14.3. The molecule has 0 unspecified atom stereocenters. The van der Waals surface area contributed by atoms with Crippen molar-refractivity contribution >= 4 is 32.3 Å². The van der Waals surface area contributed by atoms with Crippen molar-refractivity contribution in [3.05, 3.63) is 154 Å². The highest BCUT2D eigenvalue weighted by atomic mass is 14.4. The number of fused-ring (bicyclic) bond motifs is 6. The predicted molar refractivity (Wildman–Crippen MR) is 191 cm³/mol. The fourth-order valence-corrected chi connectivity index (χ4v) is 10.5. The van der Waals surface area contributed by atoms with Gasteiger partial charge in [0.25, 0.3) is 0 Å². The Bertz CT molecular complexity index is 2810. The van der Waals surface area contributed by atoms with E-state index in [1.54, 1.807) is 44.5 Å². The lowest BCUT2D eigenvalue weighted by molar-refractivity contribution is 1.21. The van der Waals surface area contributed by atoms with Crippen LogP contribution in [0.2, 0.25) is 0 Å². The highest BCUT2D eigenvalue weighted by Gasteiger charge is 2.42. The minimum Gasteiger partial charge on any atom is -0.0616 e. The molecule has 0 fully saturated rings. The molecule has 46 heavy (non-hydrogen) atoms. The van der Waals surface area contributed by atoms with E-state index >= 15 is 0 Å². The Morgan fingerprint density at radius 3 is 1.20 bits per heavy atom. The zero-order valence-electron chi connectivity index (χ0n) is 25.2. The average molecular weight is 579 g/mol. The van der Waals surface area contributed by atoms with Crippen LogP contribution < -0.4 is 0 Å². The van der Waals surface area contributed by atoms with Crippen molar-refractivity contribution in [3.63, 3.8) is 0 Å². The van der Waals surface area contributed by atoms with Gasteiger partial charge in [0.1, 0.15) is 0 Å². The highest BCUT2D eigenvalue weighted by molar-refractivity contribution is 6.26. The van der Waals surface area contributed by atoms with E-state index < -0.39 is 0 Å². The summed E-state index contributed by atoms with van der Waals surface area (Å²) in [6.45, 7) is 0. The molecule has 0 aromatic heterocycles. The quantitative estimate of drug-likeness (QED) is 0.170. The molecular formula is C46H26. The first-order chi connectivity index (χ1) is 22.8. The van der Waals surface area contributed by atoms with Crippen molar-refractivity contribution in [2.24, 2.45) is 0 Å². The van der Waals surface area contributed by atoms with Crippen molar-refractivity contribution in [1.82, 2.24) is 0 Å². The second-order valence-corrected chi connectivity index (χ2v) is 14.3. The van der Waals surface area contributed by atoms with Crippen LogP contribution in [0, 0.1) is 0 Å². The monoisotopic (exact) mass is 578 g/mol. The SMILES string of the molecule is c1ccc2c(c1)c1ccccc1c1cc(-c3cc4c5c6c3Cc3ccc7c(c3-6)-c3c(ccc6c3-c3c(ccc(c3-5)C4)C6)C7)ccc21. The molecule has 8 aromatic rings. The van der Waals surface area contributed by atoms with Gasteiger partial charge in [-0.25, -0.2) is 0 Å².